The van der Waals surface area contributed by atoms with Gasteiger partial charge in [0, 0.05) is 32.4 Å². The lowest BCUT2D eigenvalue weighted by molar-refractivity contribution is -0.0772. The molecule has 6 nitrogen and oxygen atoms in total. The third-order valence-corrected chi connectivity index (χ3v) is 7.80. The van der Waals surface area contributed by atoms with Gasteiger partial charge in [-0.3, -0.25) is 9.88 Å². The molecular weight excluding hydrogens is 326 g/mol. The molecule has 0 bridgehead atoms. The first-order valence-corrected chi connectivity index (χ1v) is 10.3. The number of morpholine rings is 1. The van der Waals surface area contributed by atoms with Crippen molar-refractivity contribution in [1.82, 2.24) is 14.2 Å². The first kappa shape index (κ1) is 16.4. The van der Waals surface area contributed by atoms with Gasteiger partial charge in [0.15, 0.2) is 0 Å². The van der Waals surface area contributed by atoms with Gasteiger partial charge in [-0.1, -0.05) is 6.07 Å². The lowest BCUT2D eigenvalue weighted by Crippen LogP contribution is -2.61. The van der Waals surface area contributed by atoms with Crippen molar-refractivity contribution in [3.8, 4) is 0 Å². The van der Waals surface area contributed by atoms with Crippen LogP contribution in [0.1, 0.15) is 30.5 Å². The minimum Gasteiger partial charge on any atom is -0.375 e. The second kappa shape index (κ2) is 6.37. The number of sulfonamides is 1. The Bertz CT molecular complexity index is 705. The molecule has 7 heteroatoms. The fourth-order valence-electron chi connectivity index (χ4n) is 3.82. The van der Waals surface area contributed by atoms with Crippen LogP contribution in [0.5, 0.6) is 0 Å². The van der Waals surface area contributed by atoms with E-state index in [0.717, 1.165) is 44.6 Å². The molecule has 3 aliphatic rings. The summed E-state index contributed by atoms with van der Waals surface area (Å²) >= 11 is 0. The lowest BCUT2D eigenvalue weighted by atomic mass is 10.00. The highest BCUT2D eigenvalue weighted by Gasteiger charge is 2.47. The first-order chi connectivity index (χ1) is 11.6. The lowest BCUT2D eigenvalue weighted by Gasteiger charge is -2.46. The van der Waals surface area contributed by atoms with E-state index in [0.29, 0.717) is 13.2 Å². The van der Waals surface area contributed by atoms with Gasteiger partial charge >= 0.3 is 0 Å². The van der Waals surface area contributed by atoms with Gasteiger partial charge < -0.3 is 4.74 Å². The monoisotopic (exact) mass is 351 g/mol. The number of nitrogens with zero attached hydrogens (tertiary/aromatic N) is 3. The van der Waals surface area contributed by atoms with E-state index in [2.05, 4.69) is 22.9 Å². The van der Waals surface area contributed by atoms with E-state index in [1.807, 2.05) is 12.3 Å². The van der Waals surface area contributed by atoms with Gasteiger partial charge in [0.2, 0.25) is 10.0 Å². The van der Waals surface area contributed by atoms with E-state index in [1.54, 1.807) is 4.31 Å². The summed E-state index contributed by atoms with van der Waals surface area (Å²) < 4.78 is 33.2. The Balaban J connectivity index is 1.50. The number of hydrogen-bond acceptors (Lipinski definition) is 5. The Labute approximate surface area is 143 Å². The molecule has 24 heavy (non-hydrogen) atoms. The van der Waals surface area contributed by atoms with Crippen LogP contribution >= 0.6 is 0 Å². The second-order valence-corrected chi connectivity index (χ2v) is 9.29. The predicted molar refractivity (Wildman–Crippen MR) is 91.0 cm³/mol. The van der Waals surface area contributed by atoms with Crippen molar-refractivity contribution >= 4 is 10.0 Å². The zero-order valence-electron chi connectivity index (χ0n) is 14.1. The quantitative estimate of drug-likeness (QED) is 0.814. The van der Waals surface area contributed by atoms with Crippen molar-refractivity contribution in [2.45, 2.75) is 50.1 Å². The number of likely N-dealkylation sites (tertiary alicyclic amines) is 1. The molecule has 2 saturated heterocycles. The zero-order chi connectivity index (χ0) is 16.7. The minimum atomic E-state index is -3.15. The molecule has 2 atom stereocenters. The van der Waals surface area contributed by atoms with Crippen LogP contribution in [0.4, 0.5) is 0 Å². The van der Waals surface area contributed by atoms with Crippen molar-refractivity contribution in [1.29, 1.82) is 0 Å². The van der Waals surface area contributed by atoms with Crippen molar-refractivity contribution < 1.29 is 13.2 Å². The molecule has 1 aromatic rings. The summed E-state index contributed by atoms with van der Waals surface area (Å²) in [6.45, 7) is 5.51. The van der Waals surface area contributed by atoms with Crippen LogP contribution in [0.2, 0.25) is 0 Å². The number of pyridine rings is 1. The molecule has 0 radical (unpaired) electrons. The number of fused-ring (bicyclic) bond motifs is 1. The molecule has 1 aromatic heterocycles. The van der Waals surface area contributed by atoms with Gasteiger partial charge in [-0.15, -0.1) is 0 Å². The molecule has 2 aliphatic heterocycles. The van der Waals surface area contributed by atoms with E-state index < -0.39 is 10.0 Å². The topological polar surface area (TPSA) is 62.7 Å². The highest BCUT2D eigenvalue weighted by molar-refractivity contribution is 7.90. The predicted octanol–water partition coefficient (Wildman–Crippen LogP) is 1.16. The zero-order valence-corrected chi connectivity index (χ0v) is 14.9. The highest BCUT2D eigenvalue weighted by Crippen LogP contribution is 2.35. The third-order valence-electron chi connectivity index (χ3n) is 5.38. The summed E-state index contributed by atoms with van der Waals surface area (Å²) in [6, 6.07) is 3.97. The van der Waals surface area contributed by atoms with Gasteiger partial charge in [-0.2, -0.15) is 4.31 Å². The van der Waals surface area contributed by atoms with Gasteiger partial charge in [0.25, 0.3) is 0 Å². The Morgan fingerprint density at radius 3 is 2.88 bits per heavy atom. The Hall–Kier alpha value is -1.02. The number of aryl methyl sites for hydroxylation is 1. The van der Waals surface area contributed by atoms with Crippen LogP contribution in [0.3, 0.4) is 0 Å². The molecule has 3 fully saturated rings. The Morgan fingerprint density at radius 1 is 1.29 bits per heavy atom. The molecule has 0 N–H and O–H groups in total. The summed E-state index contributed by atoms with van der Waals surface area (Å²) in [7, 11) is -3.15. The molecule has 0 aromatic carbocycles. The van der Waals surface area contributed by atoms with Gasteiger partial charge in [0.1, 0.15) is 0 Å². The normalized spacial score (nSPS) is 29.4. The van der Waals surface area contributed by atoms with Crippen molar-refractivity contribution in [2.24, 2.45) is 0 Å². The fourth-order valence-corrected chi connectivity index (χ4v) is 5.84. The van der Waals surface area contributed by atoms with E-state index in [1.165, 1.54) is 5.56 Å². The Kier molecular flexibility index (Phi) is 4.36. The molecule has 1 aliphatic carbocycles. The third kappa shape index (κ3) is 3.10. The van der Waals surface area contributed by atoms with Gasteiger partial charge in [0.05, 0.1) is 29.7 Å². The van der Waals surface area contributed by atoms with Gasteiger partial charge in [-0.25, -0.2) is 8.42 Å². The standard InChI is InChI=1S/C17H25N3O3S/c1-13-3-2-7-18-15(13)11-19-8-6-17-16(12-19)20(9-10-23-17)24(21,22)14-4-5-14/h2-3,7,14,16-17H,4-6,8-12H2,1H3/t16-,17-/m0/s1. The number of ether oxygens (including phenoxy) is 1. The summed E-state index contributed by atoms with van der Waals surface area (Å²) in [5.41, 5.74) is 2.26. The van der Waals surface area contributed by atoms with E-state index in [4.69, 9.17) is 4.74 Å². The second-order valence-electron chi connectivity index (χ2n) is 7.12. The van der Waals surface area contributed by atoms with Crippen LogP contribution in [0, 0.1) is 6.92 Å². The molecule has 0 unspecified atom stereocenters. The highest BCUT2D eigenvalue weighted by atomic mass is 32.2. The SMILES string of the molecule is Cc1cccnc1CN1CC[C@@H]2OCCN(S(=O)(=O)C3CC3)[C@H]2C1. The van der Waals surface area contributed by atoms with E-state index in [9.17, 15) is 8.42 Å². The maximum Gasteiger partial charge on any atom is 0.217 e. The molecule has 0 amide bonds. The van der Waals surface area contributed by atoms with E-state index in [-0.39, 0.29) is 17.4 Å². The number of piperidine rings is 1. The minimum absolute atomic E-state index is 0.0355. The first-order valence-electron chi connectivity index (χ1n) is 8.81. The van der Waals surface area contributed by atoms with Crippen molar-refractivity contribution in [3.05, 3.63) is 29.6 Å². The van der Waals surface area contributed by atoms with Crippen LogP contribution < -0.4 is 0 Å². The maximum atomic E-state index is 12.8. The van der Waals surface area contributed by atoms with Crippen molar-refractivity contribution in [2.75, 3.05) is 26.2 Å². The molecule has 0 spiro atoms. The molecule has 3 heterocycles. The summed E-state index contributed by atoms with van der Waals surface area (Å²) in [6.07, 6.45) is 4.37. The van der Waals surface area contributed by atoms with Crippen LogP contribution in [0.25, 0.3) is 0 Å². The van der Waals surface area contributed by atoms with Gasteiger partial charge in [-0.05, 0) is 37.8 Å². The number of hydrogen-bond donors (Lipinski definition) is 0. The molecule has 132 valence electrons. The summed E-state index contributed by atoms with van der Waals surface area (Å²) in [4.78, 5) is 6.80. The molecule has 4 rings (SSSR count). The average Bonchev–Trinajstić information content (AvgIpc) is 3.42. The summed E-state index contributed by atoms with van der Waals surface area (Å²) in [5, 5.41) is -0.148. The largest absolute Gasteiger partial charge is 0.375 e. The Morgan fingerprint density at radius 2 is 2.12 bits per heavy atom. The maximum absolute atomic E-state index is 12.8. The van der Waals surface area contributed by atoms with E-state index >= 15 is 0 Å². The fraction of sp³-hybridized carbons (Fsp3) is 0.706. The summed E-state index contributed by atoms with van der Waals surface area (Å²) in [5.74, 6) is 0. The van der Waals surface area contributed by atoms with Crippen LogP contribution in [-0.4, -0.2) is 66.2 Å². The van der Waals surface area contributed by atoms with Crippen LogP contribution in [-0.2, 0) is 21.3 Å². The molecular formula is C17H25N3O3S. The number of rotatable bonds is 4. The smallest absolute Gasteiger partial charge is 0.217 e. The number of aromatic nitrogens is 1. The average molecular weight is 351 g/mol. The molecule has 1 saturated carbocycles. The van der Waals surface area contributed by atoms with Crippen molar-refractivity contribution in [3.63, 3.8) is 0 Å². The van der Waals surface area contributed by atoms with Crippen LogP contribution in [0.15, 0.2) is 18.3 Å².